The maximum atomic E-state index is 8.85. The highest BCUT2D eigenvalue weighted by molar-refractivity contribution is 5.59. The summed E-state index contributed by atoms with van der Waals surface area (Å²) in [6.07, 6.45) is 5.35. The van der Waals surface area contributed by atoms with E-state index in [1.807, 2.05) is 32.0 Å². The summed E-state index contributed by atoms with van der Waals surface area (Å²) in [5.41, 5.74) is 0.946. The van der Waals surface area contributed by atoms with E-state index < -0.39 is 5.54 Å². The second-order valence-corrected chi connectivity index (χ2v) is 3.55. The van der Waals surface area contributed by atoms with E-state index in [4.69, 9.17) is 11.7 Å². The van der Waals surface area contributed by atoms with Gasteiger partial charge < -0.3 is 5.32 Å². The third-order valence-electron chi connectivity index (χ3n) is 1.86. The summed E-state index contributed by atoms with van der Waals surface area (Å²) >= 11 is 0. The third kappa shape index (κ3) is 2.28. The van der Waals surface area contributed by atoms with Crippen LogP contribution in [-0.4, -0.2) is 5.54 Å². The number of para-hydroxylation sites is 1. The van der Waals surface area contributed by atoms with Crippen molar-refractivity contribution in [3.63, 3.8) is 0 Å². The number of rotatable bonds is 2. The molecule has 0 radical (unpaired) electrons. The molecule has 0 aliphatic carbocycles. The molecule has 0 unspecified atom stereocenters. The molecule has 0 atom stereocenters. The molecule has 0 aromatic heterocycles. The lowest BCUT2D eigenvalue weighted by molar-refractivity contribution is 0.741. The van der Waals surface area contributed by atoms with Crippen LogP contribution in [0.1, 0.15) is 19.4 Å². The minimum atomic E-state index is -0.438. The van der Waals surface area contributed by atoms with Crippen molar-refractivity contribution >= 4 is 5.69 Å². The average Bonchev–Trinajstić information content (AvgIpc) is 2.18. The lowest BCUT2D eigenvalue weighted by Gasteiger charge is -2.21. The molecule has 0 fully saturated rings. The van der Waals surface area contributed by atoms with E-state index in [9.17, 15) is 0 Å². The van der Waals surface area contributed by atoms with E-state index in [1.54, 1.807) is 6.07 Å². The molecule has 0 amide bonds. The fourth-order valence-corrected chi connectivity index (χ4v) is 1.06. The highest BCUT2D eigenvalue weighted by Gasteiger charge is 2.14. The summed E-state index contributed by atoms with van der Waals surface area (Å²) in [6, 6.07) is 9.41. The van der Waals surface area contributed by atoms with Crippen LogP contribution in [0, 0.1) is 23.7 Å². The maximum absolute atomic E-state index is 8.85. The van der Waals surface area contributed by atoms with Crippen LogP contribution in [0.4, 0.5) is 5.69 Å². The minimum absolute atomic E-state index is 0.438. The molecular weight excluding hydrogens is 172 g/mol. The van der Waals surface area contributed by atoms with Crippen molar-refractivity contribution in [3.05, 3.63) is 29.8 Å². The number of nitriles is 1. The van der Waals surface area contributed by atoms with Crippen LogP contribution in [0.25, 0.3) is 0 Å². The fourth-order valence-electron chi connectivity index (χ4n) is 1.06. The number of benzene rings is 1. The van der Waals surface area contributed by atoms with E-state index in [1.165, 1.54) is 0 Å². The van der Waals surface area contributed by atoms with Gasteiger partial charge in [-0.2, -0.15) is 5.26 Å². The molecule has 0 saturated carbocycles. The second kappa shape index (κ2) is 3.85. The summed E-state index contributed by atoms with van der Waals surface area (Å²) in [5, 5.41) is 12.0. The Bertz CT molecular complexity index is 405. The van der Waals surface area contributed by atoms with E-state index in [2.05, 4.69) is 17.3 Å². The Hall–Kier alpha value is -1.93. The zero-order valence-corrected chi connectivity index (χ0v) is 8.33. The molecule has 0 spiro atoms. The summed E-state index contributed by atoms with van der Waals surface area (Å²) in [7, 11) is 0. The van der Waals surface area contributed by atoms with Crippen molar-refractivity contribution < 1.29 is 0 Å². The predicted octanol–water partition coefficient (Wildman–Crippen LogP) is 2.38. The molecule has 1 aromatic rings. The number of hydrogen-bond acceptors (Lipinski definition) is 2. The first-order valence-electron chi connectivity index (χ1n) is 4.34. The fraction of sp³-hybridized carbons (Fsp3) is 0.250. The first-order valence-corrected chi connectivity index (χ1v) is 4.34. The maximum Gasteiger partial charge on any atom is 0.101 e. The number of nitrogens with zero attached hydrogens (tertiary/aromatic N) is 1. The normalized spacial score (nSPS) is 10.0. The van der Waals surface area contributed by atoms with Gasteiger partial charge in [-0.3, -0.25) is 0 Å². The van der Waals surface area contributed by atoms with Crippen molar-refractivity contribution in [2.75, 3.05) is 5.32 Å². The van der Waals surface area contributed by atoms with Crippen LogP contribution < -0.4 is 5.32 Å². The molecule has 1 N–H and O–H groups in total. The van der Waals surface area contributed by atoms with E-state index in [0.29, 0.717) is 5.56 Å². The monoisotopic (exact) mass is 184 g/mol. The standard InChI is InChI=1S/C12H12N2/c1-4-12(2,3)14-11-8-6-5-7-10(11)9-13/h1,5-8,14H,2-3H3. The molecule has 1 rings (SSSR count). The van der Waals surface area contributed by atoms with Crippen LogP contribution >= 0.6 is 0 Å². The van der Waals surface area contributed by atoms with E-state index >= 15 is 0 Å². The summed E-state index contributed by atoms with van der Waals surface area (Å²) < 4.78 is 0. The van der Waals surface area contributed by atoms with Crippen molar-refractivity contribution in [3.8, 4) is 18.4 Å². The summed E-state index contributed by atoms with van der Waals surface area (Å²) in [4.78, 5) is 0. The van der Waals surface area contributed by atoms with Gasteiger partial charge in [-0.1, -0.05) is 18.1 Å². The smallest absolute Gasteiger partial charge is 0.101 e. The van der Waals surface area contributed by atoms with Crippen LogP contribution in [0.3, 0.4) is 0 Å². The molecule has 0 aliphatic rings. The zero-order valence-electron chi connectivity index (χ0n) is 8.33. The Morgan fingerprint density at radius 2 is 2.00 bits per heavy atom. The first kappa shape index (κ1) is 10.2. The highest BCUT2D eigenvalue weighted by Crippen LogP contribution is 2.18. The Kier molecular flexibility index (Phi) is 2.79. The number of terminal acetylenes is 1. The molecule has 70 valence electrons. The van der Waals surface area contributed by atoms with Crippen molar-refractivity contribution in [1.82, 2.24) is 0 Å². The number of hydrogen-bond donors (Lipinski definition) is 1. The molecule has 0 saturated heterocycles. The Morgan fingerprint density at radius 1 is 1.36 bits per heavy atom. The zero-order chi connectivity index (χ0) is 10.6. The Morgan fingerprint density at radius 3 is 2.57 bits per heavy atom. The van der Waals surface area contributed by atoms with Gasteiger partial charge in [-0.25, -0.2) is 0 Å². The molecule has 2 nitrogen and oxygen atoms in total. The molecule has 14 heavy (non-hydrogen) atoms. The third-order valence-corrected chi connectivity index (χ3v) is 1.86. The quantitative estimate of drug-likeness (QED) is 0.716. The van der Waals surface area contributed by atoms with Crippen molar-refractivity contribution in [2.24, 2.45) is 0 Å². The van der Waals surface area contributed by atoms with Crippen LogP contribution in [0.5, 0.6) is 0 Å². The van der Waals surface area contributed by atoms with Crippen LogP contribution in [-0.2, 0) is 0 Å². The van der Waals surface area contributed by atoms with Gasteiger partial charge in [0.2, 0.25) is 0 Å². The predicted molar refractivity (Wildman–Crippen MR) is 57.7 cm³/mol. The second-order valence-electron chi connectivity index (χ2n) is 3.55. The van der Waals surface area contributed by atoms with Gasteiger partial charge in [0, 0.05) is 0 Å². The van der Waals surface area contributed by atoms with Crippen molar-refractivity contribution in [2.45, 2.75) is 19.4 Å². The van der Waals surface area contributed by atoms with Gasteiger partial charge in [0.15, 0.2) is 0 Å². The van der Waals surface area contributed by atoms with Crippen LogP contribution in [0.15, 0.2) is 24.3 Å². The molecule has 0 heterocycles. The average molecular weight is 184 g/mol. The van der Waals surface area contributed by atoms with Gasteiger partial charge in [0.25, 0.3) is 0 Å². The Balaban J connectivity index is 3.00. The molecule has 0 bridgehead atoms. The van der Waals surface area contributed by atoms with Gasteiger partial charge in [0.05, 0.1) is 16.8 Å². The SMILES string of the molecule is C#CC(C)(C)Nc1ccccc1C#N. The van der Waals surface area contributed by atoms with Gasteiger partial charge in [0.1, 0.15) is 6.07 Å². The largest absolute Gasteiger partial charge is 0.368 e. The van der Waals surface area contributed by atoms with Gasteiger partial charge in [-0.05, 0) is 26.0 Å². The molecular formula is C12H12N2. The van der Waals surface area contributed by atoms with Crippen LogP contribution in [0.2, 0.25) is 0 Å². The molecule has 1 aromatic carbocycles. The van der Waals surface area contributed by atoms with E-state index in [0.717, 1.165) is 5.69 Å². The molecule has 0 aliphatic heterocycles. The first-order chi connectivity index (χ1) is 6.59. The number of anilines is 1. The summed E-state index contributed by atoms with van der Waals surface area (Å²) in [5.74, 6) is 2.62. The lowest BCUT2D eigenvalue weighted by atomic mass is 10.1. The summed E-state index contributed by atoms with van der Waals surface area (Å²) in [6.45, 7) is 3.78. The topological polar surface area (TPSA) is 35.8 Å². The highest BCUT2D eigenvalue weighted by atomic mass is 15.0. The molecule has 2 heteroatoms. The number of nitrogens with one attached hydrogen (secondary N) is 1. The van der Waals surface area contributed by atoms with E-state index in [-0.39, 0.29) is 0 Å². The Labute approximate surface area is 84.6 Å². The lowest BCUT2D eigenvalue weighted by Crippen LogP contribution is -2.28. The van der Waals surface area contributed by atoms with Crippen molar-refractivity contribution in [1.29, 1.82) is 5.26 Å². The van der Waals surface area contributed by atoms with Gasteiger partial charge >= 0.3 is 0 Å². The minimum Gasteiger partial charge on any atom is -0.368 e. The van der Waals surface area contributed by atoms with Gasteiger partial charge in [-0.15, -0.1) is 6.42 Å².